The summed E-state index contributed by atoms with van der Waals surface area (Å²) in [6.07, 6.45) is -5.38. The van der Waals surface area contributed by atoms with Gasteiger partial charge in [0.2, 0.25) is 11.7 Å². The maximum Gasteiger partial charge on any atom is 0.425 e. The van der Waals surface area contributed by atoms with Crippen molar-refractivity contribution in [3.63, 3.8) is 0 Å². The lowest BCUT2D eigenvalue weighted by atomic mass is 10.2. The van der Waals surface area contributed by atoms with E-state index in [1.165, 1.54) is 30.7 Å². The Balaban J connectivity index is 1.60. The van der Waals surface area contributed by atoms with Crippen molar-refractivity contribution >= 4 is 5.65 Å². The van der Waals surface area contributed by atoms with Crippen LogP contribution in [0.1, 0.15) is 18.7 Å². The van der Waals surface area contributed by atoms with E-state index >= 15 is 0 Å². The van der Waals surface area contributed by atoms with Gasteiger partial charge in [0.1, 0.15) is 0 Å². The van der Waals surface area contributed by atoms with Crippen LogP contribution in [0.25, 0.3) is 16.9 Å². The van der Waals surface area contributed by atoms with Crippen molar-refractivity contribution in [2.24, 2.45) is 5.92 Å². The molecular weight excluding hydrogens is 401 g/mol. The average molecular weight is 415 g/mol. The van der Waals surface area contributed by atoms with Gasteiger partial charge in [-0.3, -0.25) is 9.38 Å². The molecule has 0 spiro atoms. The van der Waals surface area contributed by atoms with E-state index in [1.807, 2.05) is 0 Å². The second-order valence-corrected chi connectivity index (χ2v) is 6.55. The molecule has 1 aliphatic rings. The first-order chi connectivity index (χ1) is 13.7. The molecule has 1 fully saturated rings. The summed E-state index contributed by atoms with van der Waals surface area (Å²) in [6, 6.07) is 2.72. The Morgan fingerprint density at radius 1 is 1.07 bits per heavy atom. The van der Waals surface area contributed by atoms with Crippen molar-refractivity contribution in [3.8, 4) is 17.1 Å². The number of nitrogens with zero attached hydrogens (tertiary/aromatic N) is 5. The van der Waals surface area contributed by atoms with Crippen LogP contribution in [-0.2, 0) is 10.8 Å². The van der Waals surface area contributed by atoms with Crippen molar-refractivity contribution < 1.29 is 31.4 Å². The third kappa shape index (κ3) is 3.84. The minimum atomic E-state index is -4.48. The van der Waals surface area contributed by atoms with E-state index in [0.717, 1.165) is 11.5 Å². The average Bonchev–Trinajstić information content (AvgIpc) is 3.42. The molecule has 7 nitrogen and oxygen atoms in total. The number of alkyl halides is 5. The van der Waals surface area contributed by atoms with Gasteiger partial charge in [0.25, 0.3) is 0 Å². The summed E-state index contributed by atoms with van der Waals surface area (Å²) in [7, 11) is 0.835. The minimum absolute atomic E-state index is 0.0749. The fraction of sp³-hybridized carbons (Fsp3) is 0.412. The van der Waals surface area contributed by atoms with Gasteiger partial charge < -0.3 is 9.47 Å². The molecule has 3 aromatic heterocycles. The lowest BCUT2D eigenvalue weighted by Crippen LogP contribution is -2.36. The van der Waals surface area contributed by atoms with Crippen LogP contribution in [0.15, 0.2) is 30.7 Å². The highest BCUT2D eigenvalue weighted by atomic mass is 19.4. The molecule has 12 heteroatoms. The van der Waals surface area contributed by atoms with E-state index in [-0.39, 0.29) is 17.2 Å². The van der Waals surface area contributed by atoms with Gasteiger partial charge in [0.05, 0.1) is 11.9 Å². The SMILES string of the molecule is COC(F)(F)c1nnc2cnc(-c3ccc(O[C@@H](C4CC4)C(F)(F)F)nc3)cn12. The van der Waals surface area contributed by atoms with Gasteiger partial charge >= 0.3 is 12.3 Å². The van der Waals surface area contributed by atoms with Crippen LogP contribution in [0, 0.1) is 5.92 Å². The van der Waals surface area contributed by atoms with Crippen LogP contribution in [-0.4, -0.2) is 44.0 Å². The molecule has 1 aliphatic carbocycles. The molecule has 0 N–H and O–H groups in total. The molecule has 1 atom stereocenters. The second-order valence-electron chi connectivity index (χ2n) is 6.55. The van der Waals surface area contributed by atoms with E-state index in [1.54, 1.807) is 0 Å². The van der Waals surface area contributed by atoms with E-state index in [2.05, 4.69) is 24.9 Å². The molecule has 29 heavy (non-hydrogen) atoms. The maximum absolute atomic E-state index is 13.8. The minimum Gasteiger partial charge on any atom is -0.464 e. The molecular formula is C17H14F5N5O2. The summed E-state index contributed by atoms with van der Waals surface area (Å²) >= 11 is 0. The monoisotopic (exact) mass is 415 g/mol. The Labute approximate surface area is 160 Å². The topological polar surface area (TPSA) is 74.4 Å². The normalized spacial score (nSPS) is 16.2. The van der Waals surface area contributed by atoms with Crippen LogP contribution in [0.4, 0.5) is 22.0 Å². The molecule has 0 radical (unpaired) electrons. The standard InChI is InChI=1S/C17H14F5N5O2/c1-28-17(21,22)15-26-25-12-7-23-11(8-27(12)15)10-4-5-13(24-6-10)29-14(9-2-3-9)16(18,19)20/h4-9,14H,2-3H2,1H3/t14-/m0/s1. The number of aromatic nitrogens is 5. The zero-order valence-corrected chi connectivity index (χ0v) is 14.9. The third-order valence-electron chi connectivity index (χ3n) is 4.46. The zero-order chi connectivity index (χ0) is 20.8. The Morgan fingerprint density at radius 3 is 2.41 bits per heavy atom. The van der Waals surface area contributed by atoms with E-state index in [4.69, 9.17) is 4.74 Å². The number of ether oxygens (including phenoxy) is 2. The first-order valence-corrected chi connectivity index (χ1v) is 8.53. The highest BCUT2D eigenvalue weighted by Gasteiger charge is 2.51. The van der Waals surface area contributed by atoms with Crippen LogP contribution in [0.2, 0.25) is 0 Å². The van der Waals surface area contributed by atoms with Gasteiger partial charge in [-0.1, -0.05) is 0 Å². The van der Waals surface area contributed by atoms with E-state index < -0.39 is 30.1 Å². The van der Waals surface area contributed by atoms with Gasteiger partial charge in [-0.25, -0.2) is 4.98 Å². The molecule has 0 aromatic carbocycles. The molecule has 0 unspecified atom stereocenters. The van der Waals surface area contributed by atoms with Crippen molar-refractivity contribution in [1.82, 2.24) is 24.6 Å². The smallest absolute Gasteiger partial charge is 0.425 e. The second kappa shape index (κ2) is 6.87. The first kappa shape index (κ1) is 19.4. The largest absolute Gasteiger partial charge is 0.464 e. The summed E-state index contributed by atoms with van der Waals surface area (Å²) in [5, 5.41) is 7.03. The number of methoxy groups -OCH3 is 1. The van der Waals surface area contributed by atoms with E-state index in [9.17, 15) is 22.0 Å². The van der Waals surface area contributed by atoms with Gasteiger partial charge in [0.15, 0.2) is 11.8 Å². The molecule has 0 aliphatic heterocycles. The summed E-state index contributed by atoms with van der Waals surface area (Å²) in [4.78, 5) is 7.99. The highest BCUT2D eigenvalue weighted by Crippen LogP contribution is 2.42. The van der Waals surface area contributed by atoms with Crippen LogP contribution >= 0.6 is 0 Å². The fourth-order valence-corrected chi connectivity index (χ4v) is 2.80. The third-order valence-corrected chi connectivity index (χ3v) is 4.46. The van der Waals surface area contributed by atoms with Gasteiger partial charge in [-0.2, -0.15) is 22.0 Å². The number of halogens is 5. The lowest BCUT2D eigenvalue weighted by molar-refractivity contribution is -0.237. The van der Waals surface area contributed by atoms with Crippen LogP contribution in [0.5, 0.6) is 5.88 Å². The molecule has 3 heterocycles. The molecule has 154 valence electrons. The maximum atomic E-state index is 13.8. The number of fused-ring (bicyclic) bond motifs is 1. The first-order valence-electron chi connectivity index (χ1n) is 8.53. The van der Waals surface area contributed by atoms with E-state index in [0.29, 0.717) is 18.4 Å². The molecule has 0 amide bonds. The Bertz CT molecular complexity index is 1020. The number of rotatable bonds is 6. The molecule has 0 bridgehead atoms. The fourth-order valence-electron chi connectivity index (χ4n) is 2.80. The molecule has 0 saturated heterocycles. The number of hydrogen-bond donors (Lipinski definition) is 0. The summed E-state index contributed by atoms with van der Waals surface area (Å²) in [5.74, 6) is -1.47. The summed E-state index contributed by atoms with van der Waals surface area (Å²) in [6.45, 7) is 0. The zero-order valence-electron chi connectivity index (χ0n) is 14.9. The predicted molar refractivity (Wildman–Crippen MR) is 88.1 cm³/mol. The van der Waals surface area contributed by atoms with Crippen LogP contribution < -0.4 is 4.74 Å². The Morgan fingerprint density at radius 2 is 1.83 bits per heavy atom. The summed E-state index contributed by atoms with van der Waals surface area (Å²) < 4.78 is 77.1. The van der Waals surface area contributed by atoms with Crippen molar-refractivity contribution in [2.45, 2.75) is 31.2 Å². The molecule has 1 saturated carbocycles. The highest BCUT2D eigenvalue weighted by molar-refractivity contribution is 5.59. The van der Waals surface area contributed by atoms with Crippen molar-refractivity contribution in [3.05, 3.63) is 36.5 Å². The molecule has 4 rings (SSSR count). The predicted octanol–water partition coefficient (Wildman–Crippen LogP) is 3.60. The van der Waals surface area contributed by atoms with Crippen LogP contribution in [0.3, 0.4) is 0 Å². The summed E-state index contributed by atoms with van der Waals surface area (Å²) in [5.41, 5.74) is 0.694. The van der Waals surface area contributed by atoms with Crippen molar-refractivity contribution in [2.75, 3.05) is 7.11 Å². The molecule has 3 aromatic rings. The Kier molecular flexibility index (Phi) is 4.60. The quantitative estimate of drug-likeness (QED) is 0.573. The van der Waals surface area contributed by atoms with Gasteiger partial charge in [-0.05, 0) is 18.9 Å². The van der Waals surface area contributed by atoms with Gasteiger partial charge in [-0.15, -0.1) is 10.2 Å². The lowest BCUT2D eigenvalue weighted by Gasteiger charge is -2.20. The number of hydrogen-bond acceptors (Lipinski definition) is 6. The number of pyridine rings is 1. The van der Waals surface area contributed by atoms with Gasteiger partial charge in [0, 0.05) is 37.1 Å². The van der Waals surface area contributed by atoms with Crippen molar-refractivity contribution in [1.29, 1.82) is 0 Å². The Hall–Kier alpha value is -2.89.